The number of nitrogen functional groups attached to an aromatic ring is 1. The van der Waals surface area contributed by atoms with Crippen molar-refractivity contribution >= 4 is 28.2 Å². The first-order chi connectivity index (χ1) is 13.3. The highest BCUT2D eigenvalue weighted by Gasteiger charge is 2.32. The normalized spacial score (nSPS) is 18.5. The van der Waals surface area contributed by atoms with E-state index in [0.29, 0.717) is 26.2 Å². The van der Waals surface area contributed by atoms with Gasteiger partial charge in [0, 0.05) is 32.4 Å². The van der Waals surface area contributed by atoms with Crippen molar-refractivity contribution in [3.8, 4) is 0 Å². The summed E-state index contributed by atoms with van der Waals surface area (Å²) in [5, 5.41) is 8.90. The lowest BCUT2D eigenvalue weighted by Crippen LogP contribution is -2.45. The number of hydrogen-bond acceptors (Lipinski definition) is 6. The van der Waals surface area contributed by atoms with Gasteiger partial charge in [-0.2, -0.15) is 0 Å². The Labute approximate surface area is 158 Å². The van der Waals surface area contributed by atoms with Gasteiger partial charge in [-0.05, 0) is 7.05 Å². The molecule has 4 rings (SSSR count). The van der Waals surface area contributed by atoms with Gasteiger partial charge in [-0.1, -0.05) is 0 Å². The highest BCUT2D eigenvalue weighted by molar-refractivity contribution is 5.99. The van der Waals surface area contributed by atoms with E-state index >= 15 is 8.78 Å². The molecule has 0 spiro atoms. The maximum atomic E-state index is 15.6. The van der Waals surface area contributed by atoms with Crippen LogP contribution in [-0.4, -0.2) is 67.0 Å². The highest BCUT2D eigenvalue weighted by Crippen LogP contribution is 2.37. The third kappa shape index (κ3) is 2.71. The van der Waals surface area contributed by atoms with Gasteiger partial charge in [0.15, 0.2) is 11.6 Å². The van der Waals surface area contributed by atoms with Gasteiger partial charge in [-0.15, -0.1) is 0 Å². The SMILES string of the molecule is CN1CCN(c2c(F)c(N)c3c(=O)c(C(=O)O)cn(C4COC4)c3c2F)CC1. The summed E-state index contributed by atoms with van der Waals surface area (Å²) in [7, 11) is 1.92. The van der Waals surface area contributed by atoms with Gasteiger partial charge in [0.05, 0.1) is 35.8 Å². The Morgan fingerprint density at radius 1 is 1.21 bits per heavy atom. The molecule has 0 unspecified atom stereocenters. The largest absolute Gasteiger partial charge is 0.477 e. The first kappa shape index (κ1) is 18.6. The molecule has 3 heterocycles. The molecule has 1 aromatic carbocycles. The average molecular weight is 394 g/mol. The molecule has 0 aliphatic carbocycles. The number of carboxylic acids is 1. The molecule has 2 saturated heterocycles. The summed E-state index contributed by atoms with van der Waals surface area (Å²) in [6.45, 7) is 2.52. The Kier molecular flexibility index (Phi) is 4.47. The number of carbonyl (C=O) groups is 1. The number of carboxylic acid groups (broad SMARTS) is 1. The van der Waals surface area contributed by atoms with Crippen LogP contribution in [0.15, 0.2) is 11.0 Å². The summed E-state index contributed by atoms with van der Waals surface area (Å²) in [5.41, 5.74) is 3.32. The van der Waals surface area contributed by atoms with Gasteiger partial charge in [-0.25, -0.2) is 13.6 Å². The fourth-order valence-corrected chi connectivity index (χ4v) is 3.68. The number of halogens is 2. The lowest BCUT2D eigenvalue weighted by molar-refractivity contribution is -0.0219. The van der Waals surface area contributed by atoms with Crippen molar-refractivity contribution in [2.45, 2.75) is 6.04 Å². The second-order valence-corrected chi connectivity index (χ2v) is 7.18. The second-order valence-electron chi connectivity index (χ2n) is 7.18. The van der Waals surface area contributed by atoms with Crippen LogP contribution in [0, 0.1) is 11.6 Å². The van der Waals surface area contributed by atoms with Crippen molar-refractivity contribution in [3.63, 3.8) is 0 Å². The summed E-state index contributed by atoms with van der Waals surface area (Å²) >= 11 is 0. The van der Waals surface area contributed by atoms with Crippen LogP contribution in [0.1, 0.15) is 16.4 Å². The fraction of sp³-hybridized carbons (Fsp3) is 0.444. The van der Waals surface area contributed by atoms with E-state index in [4.69, 9.17) is 10.5 Å². The first-order valence-electron chi connectivity index (χ1n) is 8.91. The van der Waals surface area contributed by atoms with Crippen LogP contribution < -0.4 is 16.1 Å². The first-order valence-corrected chi connectivity index (χ1v) is 8.91. The van der Waals surface area contributed by atoms with Crippen molar-refractivity contribution in [1.82, 2.24) is 9.47 Å². The maximum absolute atomic E-state index is 15.6. The van der Waals surface area contributed by atoms with E-state index in [2.05, 4.69) is 0 Å². The number of benzene rings is 1. The molecular formula is C18H20F2N4O4. The van der Waals surface area contributed by atoms with E-state index in [-0.39, 0.29) is 30.5 Å². The van der Waals surface area contributed by atoms with E-state index in [1.165, 1.54) is 4.57 Å². The van der Waals surface area contributed by atoms with Gasteiger partial charge < -0.3 is 29.9 Å². The Hall–Kier alpha value is -2.72. The van der Waals surface area contributed by atoms with Crippen LogP contribution in [-0.2, 0) is 4.74 Å². The third-order valence-electron chi connectivity index (χ3n) is 5.43. The molecule has 150 valence electrons. The predicted molar refractivity (Wildman–Crippen MR) is 99.1 cm³/mol. The molecule has 0 saturated carbocycles. The van der Waals surface area contributed by atoms with Gasteiger partial charge in [0.1, 0.15) is 11.3 Å². The number of ether oxygens (including phenoxy) is 1. The van der Waals surface area contributed by atoms with Crippen molar-refractivity contribution in [1.29, 1.82) is 0 Å². The zero-order valence-corrected chi connectivity index (χ0v) is 15.2. The van der Waals surface area contributed by atoms with E-state index in [0.717, 1.165) is 6.20 Å². The number of nitrogens with two attached hydrogens (primary N) is 1. The Bertz CT molecular complexity index is 1030. The monoisotopic (exact) mass is 394 g/mol. The highest BCUT2D eigenvalue weighted by atomic mass is 19.1. The minimum absolute atomic E-state index is 0.184. The number of hydrogen-bond donors (Lipinski definition) is 2. The van der Waals surface area contributed by atoms with Crippen molar-refractivity contribution in [2.24, 2.45) is 0 Å². The molecule has 0 atom stereocenters. The van der Waals surface area contributed by atoms with Gasteiger partial charge >= 0.3 is 5.97 Å². The summed E-state index contributed by atoms with van der Waals surface area (Å²) < 4.78 is 37.1. The number of pyridine rings is 1. The molecule has 28 heavy (non-hydrogen) atoms. The van der Waals surface area contributed by atoms with Crippen molar-refractivity contribution in [2.75, 3.05) is 57.1 Å². The number of likely N-dealkylation sites (N-methyl/N-ethyl adjacent to an activating group) is 1. The molecule has 2 aliphatic heterocycles. The fourth-order valence-electron chi connectivity index (χ4n) is 3.68. The van der Waals surface area contributed by atoms with Crippen LogP contribution >= 0.6 is 0 Å². The number of piperazine rings is 1. The predicted octanol–water partition coefficient (Wildman–Crippen LogP) is 0.883. The molecule has 2 fully saturated rings. The average Bonchev–Trinajstić information content (AvgIpc) is 2.60. The van der Waals surface area contributed by atoms with E-state index < -0.39 is 39.7 Å². The Balaban J connectivity index is 2.03. The number of nitrogens with zero attached hydrogens (tertiary/aromatic N) is 3. The lowest BCUT2D eigenvalue weighted by atomic mass is 10.0. The van der Waals surface area contributed by atoms with Crippen LogP contribution in [0.5, 0.6) is 0 Å². The topological polar surface area (TPSA) is 101 Å². The molecule has 0 bridgehead atoms. The van der Waals surface area contributed by atoms with E-state index in [9.17, 15) is 14.7 Å². The molecule has 3 N–H and O–H groups in total. The second kappa shape index (κ2) is 6.71. The van der Waals surface area contributed by atoms with Gasteiger partial charge in [0.2, 0.25) is 5.43 Å². The summed E-state index contributed by atoms with van der Waals surface area (Å²) in [5.74, 6) is -3.43. The van der Waals surface area contributed by atoms with Crippen LogP contribution in [0.3, 0.4) is 0 Å². The Morgan fingerprint density at radius 3 is 2.39 bits per heavy atom. The third-order valence-corrected chi connectivity index (χ3v) is 5.43. The number of aromatic nitrogens is 1. The smallest absolute Gasteiger partial charge is 0.341 e. The summed E-state index contributed by atoms with van der Waals surface area (Å²) in [6.07, 6.45) is 1.09. The number of aromatic carboxylic acids is 1. The van der Waals surface area contributed by atoms with Crippen LogP contribution in [0.25, 0.3) is 10.9 Å². The molecule has 1 aromatic heterocycles. The quantitative estimate of drug-likeness (QED) is 0.746. The number of rotatable bonds is 3. The zero-order chi connectivity index (χ0) is 20.2. The lowest BCUT2D eigenvalue weighted by Gasteiger charge is -2.35. The molecule has 2 aliphatic rings. The molecule has 0 amide bonds. The molecule has 0 radical (unpaired) electrons. The van der Waals surface area contributed by atoms with Gasteiger partial charge in [0.25, 0.3) is 0 Å². The van der Waals surface area contributed by atoms with Crippen LogP contribution in [0.4, 0.5) is 20.2 Å². The van der Waals surface area contributed by atoms with Crippen molar-refractivity contribution in [3.05, 3.63) is 33.6 Å². The summed E-state index contributed by atoms with van der Waals surface area (Å²) in [6, 6.07) is -0.360. The van der Waals surface area contributed by atoms with Gasteiger partial charge in [-0.3, -0.25) is 4.79 Å². The maximum Gasteiger partial charge on any atom is 0.341 e. The Morgan fingerprint density at radius 2 is 1.86 bits per heavy atom. The zero-order valence-electron chi connectivity index (χ0n) is 15.2. The van der Waals surface area contributed by atoms with Crippen LogP contribution in [0.2, 0.25) is 0 Å². The van der Waals surface area contributed by atoms with E-state index in [1.807, 2.05) is 11.9 Å². The molecular weight excluding hydrogens is 374 g/mol. The van der Waals surface area contributed by atoms with E-state index in [1.54, 1.807) is 4.90 Å². The summed E-state index contributed by atoms with van der Waals surface area (Å²) in [4.78, 5) is 27.7. The number of anilines is 2. The minimum atomic E-state index is -1.48. The molecule has 10 heteroatoms. The standard InChI is InChI=1S/C18H20F2N4O4/c1-22-2-4-23(5-3-22)16-12(19)14(21)11-15(13(16)20)24(9-7-28-8-9)6-10(17(11)25)18(26)27/h6,9H,2-5,7-8,21H2,1H3,(H,26,27). The number of fused-ring (bicyclic) bond motifs is 1. The van der Waals surface area contributed by atoms with Crippen molar-refractivity contribution < 1.29 is 23.4 Å². The minimum Gasteiger partial charge on any atom is -0.477 e. The molecule has 8 nitrogen and oxygen atoms in total. The molecule has 2 aromatic rings.